The van der Waals surface area contributed by atoms with Crippen molar-refractivity contribution in [3.63, 3.8) is 0 Å². The fourth-order valence-corrected chi connectivity index (χ4v) is 2.86. The van der Waals surface area contributed by atoms with E-state index in [9.17, 15) is 18.8 Å². The molecule has 25 heavy (non-hydrogen) atoms. The second kappa shape index (κ2) is 7.29. The number of pyridine rings is 1. The molecule has 0 spiro atoms. The number of aromatic amines is 1. The molecule has 2 aromatic rings. The van der Waals surface area contributed by atoms with E-state index in [1.165, 1.54) is 24.4 Å². The molecule has 0 radical (unpaired) electrons. The lowest BCUT2D eigenvalue weighted by Gasteiger charge is -2.17. The van der Waals surface area contributed by atoms with Gasteiger partial charge in [0, 0.05) is 25.7 Å². The molecule has 2 heterocycles. The molecule has 0 bridgehead atoms. The number of hydrogen-bond donors (Lipinski definition) is 2. The zero-order valence-corrected chi connectivity index (χ0v) is 13.5. The molecule has 7 heteroatoms. The first kappa shape index (κ1) is 16.9. The maximum absolute atomic E-state index is 12.9. The van der Waals surface area contributed by atoms with Gasteiger partial charge in [-0.25, -0.2) is 4.39 Å². The number of amides is 2. The van der Waals surface area contributed by atoms with Crippen molar-refractivity contribution in [3.05, 3.63) is 69.9 Å². The summed E-state index contributed by atoms with van der Waals surface area (Å²) < 4.78 is 12.9. The van der Waals surface area contributed by atoms with Gasteiger partial charge < -0.3 is 15.2 Å². The highest BCUT2D eigenvalue weighted by atomic mass is 19.1. The molecular formula is C18H18FN3O3. The Morgan fingerprint density at radius 3 is 2.72 bits per heavy atom. The van der Waals surface area contributed by atoms with Gasteiger partial charge in [-0.1, -0.05) is 12.1 Å². The Hall–Kier alpha value is -2.96. The summed E-state index contributed by atoms with van der Waals surface area (Å²) in [6, 6.07) is 8.85. The number of carbonyl (C=O) groups is 2. The van der Waals surface area contributed by atoms with Crippen LogP contribution in [0.25, 0.3) is 0 Å². The van der Waals surface area contributed by atoms with Crippen LogP contribution in [-0.2, 0) is 11.2 Å². The second-order valence-corrected chi connectivity index (χ2v) is 6.00. The lowest BCUT2D eigenvalue weighted by molar-refractivity contribution is -0.127. The van der Waals surface area contributed by atoms with Crippen molar-refractivity contribution in [2.75, 3.05) is 13.1 Å². The van der Waals surface area contributed by atoms with Crippen LogP contribution in [0.5, 0.6) is 0 Å². The van der Waals surface area contributed by atoms with E-state index in [4.69, 9.17) is 0 Å². The smallest absolute Gasteiger partial charge is 0.260 e. The van der Waals surface area contributed by atoms with E-state index in [1.807, 2.05) is 0 Å². The van der Waals surface area contributed by atoms with E-state index < -0.39 is 11.5 Å². The minimum atomic E-state index is -0.486. The Kier molecular flexibility index (Phi) is 4.92. The van der Waals surface area contributed by atoms with Gasteiger partial charge in [-0.15, -0.1) is 0 Å². The zero-order chi connectivity index (χ0) is 17.8. The summed E-state index contributed by atoms with van der Waals surface area (Å²) in [6.07, 6.45) is 2.28. The highest BCUT2D eigenvalue weighted by molar-refractivity contribution is 5.94. The van der Waals surface area contributed by atoms with E-state index in [-0.39, 0.29) is 29.8 Å². The number of halogens is 1. The van der Waals surface area contributed by atoms with Crippen LogP contribution in [0.4, 0.5) is 4.39 Å². The highest BCUT2D eigenvalue weighted by Crippen LogP contribution is 2.13. The maximum atomic E-state index is 12.9. The van der Waals surface area contributed by atoms with Gasteiger partial charge in [0.1, 0.15) is 11.4 Å². The van der Waals surface area contributed by atoms with Crippen LogP contribution in [0.1, 0.15) is 22.3 Å². The van der Waals surface area contributed by atoms with Crippen molar-refractivity contribution in [2.24, 2.45) is 0 Å². The van der Waals surface area contributed by atoms with Crippen molar-refractivity contribution >= 4 is 11.8 Å². The molecule has 1 atom stereocenters. The Morgan fingerprint density at radius 2 is 2.00 bits per heavy atom. The monoisotopic (exact) mass is 343 g/mol. The molecule has 130 valence electrons. The maximum Gasteiger partial charge on any atom is 0.260 e. The van der Waals surface area contributed by atoms with Gasteiger partial charge in [-0.3, -0.25) is 14.4 Å². The van der Waals surface area contributed by atoms with Crippen molar-refractivity contribution in [1.29, 1.82) is 0 Å². The Labute approximate surface area is 143 Å². The number of nitrogens with one attached hydrogen (secondary N) is 2. The van der Waals surface area contributed by atoms with Crippen molar-refractivity contribution in [1.82, 2.24) is 15.2 Å². The molecule has 1 aliphatic heterocycles. The number of rotatable bonds is 5. The minimum Gasteiger partial charge on any atom is -0.347 e. The topological polar surface area (TPSA) is 82.3 Å². The summed E-state index contributed by atoms with van der Waals surface area (Å²) >= 11 is 0. The summed E-state index contributed by atoms with van der Waals surface area (Å²) in [5, 5.41) is 2.73. The van der Waals surface area contributed by atoms with Crippen LogP contribution in [0, 0.1) is 5.82 Å². The van der Waals surface area contributed by atoms with Crippen LogP contribution in [0.2, 0.25) is 0 Å². The average molecular weight is 343 g/mol. The normalized spacial score (nSPS) is 16.9. The zero-order valence-electron chi connectivity index (χ0n) is 13.5. The molecule has 2 N–H and O–H groups in total. The van der Waals surface area contributed by atoms with E-state index in [1.54, 1.807) is 23.1 Å². The Balaban J connectivity index is 1.55. The third-order valence-corrected chi connectivity index (χ3v) is 4.20. The lowest BCUT2D eigenvalue weighted by atomic mass is 10.1. The molecule has 2 amide bonds. The molecule has 1 fully saturated rings. The van der Waals surface area contributed by atoms with Crippen molar-refractivity contribution < 1.29 is 14.0 Å². The second-order valence-electron chi connectivity index (χ2n) is 6.00. The molecule has 1 aliphatic rings. The number of H-pyrrole nitrogens is 1. The number of hydrogen-bond acceptors (Lipinski definition) is 3. The number of aromatic nitrogens is 1. The average Bonchev–Trinajstić information content (AvgIpc) is 2.94. The summed E-state index contributed by atoms with van der Waals surface area (Å²) in [5.74, 6) is -0.825. The van der Waals surface area contributed by atoms with Gasteiger partial charge in [0.15, 0.2) is 0 Å². The van der Waals surface area contributed by atoms with Gasteiger partial charge in [0.05, 0.1) is 6.04 Å². The first-order valence-electron chi connectivity index (χ1n) is 8.04. The van der Waals surface area contributed by atoms with Crippen LogP contribution in [0.3, 0.4) is 0 Å². The Bertz CT molecular complexity index is 832. The van der Waals surface area contributed by atoms with Gasteiger partial charge in [-0.2, -0.15) is 0 Å². The summed E-state index contributed by atoms with van der Waals surface area (Å²) in [7, 11) is 0. The van der Waals surface area contributed by atoms with E-state index in [0.717, 1.165) is 5.56 Å². The van der Waals surface area contributed by atoms with Crippen LogP contribution in [0.15, 0.2) is 47.4 Å². The minimum absolute atomic E-state index is 0.0275. The molecule has 1 saturated heterocycles. The van der Waals surface area contributed by atoms with Gasteiger partial charge in [0.2, 0.25) is 5.91 Å². The predicted octanol–water partition coefficient (Wildman–Crippen LogP) is 1.09. The van der Waals surface area contributed by atoms with E-state index in [2.05, 4.69) is 10.3 Å². The molecule has 1 aromatic heterocycles. The van der Waals surface area contributed by atoms with Crippen LogP contribution >= 0.6 is 0 Å². The highest BCUT2D eigenvalue weighted by Gasteiger charge is 2.30. The van der Waals surface area contributed by atoms with Gasteiger partial charge in [0.25, 0.3) is 11.5 Å². The van der Waals surface area contributed by atoms with Gasteiger partial charge >= 0.3 is 0 Å². The summed E-state index contributed by atoms with van der Waals surface area (Å²) in [6.45, 7) is 0.902. The van der Waals surface area contributed by atoms with Crippen molar-refractivity contribution in [2.45, 2.75) is 18.9 Å². The molecular weight excluding hydrogens is 325 g/mol. The largest absolute Gasteiger partial charge is 0.347 e. The van der Waals surface area contributed by atoms with Crippen LogP contribution in [-0.4, -0.2) is 40.8 Å². The number of likely N-dealkylation sites (tertiary alicyclic amines) is 1. The quantitative estimate of drug-likeness (QED) is 0.852. The molecule has 3 rings (SSSR count). The molecule has 0 unspecified atom stereocenters. The number of nitrogens with zero attached hydrogens (tertiary/aromatic N) is 1. The van der Waals surface area contributed by atoms with Crippen molar-refractivity contribution in [3.8, 4) is 0 Å². The molecule has 0 aliphatic carbocycles. The SMILES string of the molecule is O=C(N[C@@H]1CC(=O)N(CCc2ccc(F)cc2)C1)c1ccc[nH]c1=O. The number of carbonyl (C=O) groups excluding carboxylic acids is 2. The van der Waals surface area contributed by atoms with Gasteiger partial charge in [-0.05, 0) is 36.2 Å². The third kappa shape index (κ3) is 4.12. The predicted molar refractivity (Wildman–Crippen MR) is 89.6 cm³/mol. The lowest BCUT2D eigenvalue weighted by Crippen LogP contribution is -2.39. The summed E-state index contributed by atoms with van der Waals surface area (Å²) in [4.78, 5) is 40.0. The third-order valence-electron chi connectivity index (χ3n) is 4.20. The van der Waals surface area contributed by atoms with E-state index >= 15 is 0 Å². The fourth-order valence-electron chi connectivity index (χ4n) is 2.86. The first-order chi connectivity index (χ1) is 12.0. The molecule has 1 aromatic carbocycles. The standard InChI is InChI=1S/C18H18FN3O3/c19-13-5-3-12(4-6-13)7-9-22-11-14(10-16(22)23)21-18(25)15-2-1-8-20-17(15)24/h1-6,8,14H,7,9-11H2,(H,20,24)(H,21,25)/t14-/m1/s1. The fraction of sp³-hybridized carbons (Fsp3) is 0.278. The van der Waals surface area contributed by atoms with E-state index in [0.29, 0.717) is 19.5 Å². The Morgan fingerprint density at radius 1 is 1.24 bits per heavy atom. The number of benzene rings is 1. The molecule has 0 saturated carbocycles. The summed E-state index contributed by atoms with van der Waals surface area (Å²) in [5.41, 5.74) is 0.509. The van der Waals surface area contributed by atoms with Crippen LogP contribution < -0.4 is 10.9 Å². The first-order valence-corrected chi connectivity index (χ1v) is 8.04. The molecule has 6 nitrogen and oxygen atoms in total.